The van der Waals surface area contributed by atoms with E-state index in [2.05, 4.69) is 5.32 Å². The van der Waals surface area contributed by atoms with Gasteiger partial charge in [0.1, 0.15) is 6.04 Å². The molecule has 1 saturated carbocycles. The summed E-state index contributed by atoms with van der Waals surface area (Å²) < 4.78 is 67.2. The summed E-state index contributed by atoms with van der Waals surface area (Å²) in [6.07, 6.45) is -2.89. The molecule has 32 heavy (non-hydrogen) atoms. The highest BCUT2D eigenvalue weighted by Crippen LogP contribution is 2.35. The van der Waals surface area contributed by atoms with E-state index in [0.717, 1.165) is 34.8 Å². The zero-order valence-corrected chi connectivity index (χ0v) is 18.1. The Kier molecular flexibility index (Phi) is 6.28. The van der Waals surface area contributed by atoms with Crippen LogP contribution in [0.3, 0.4) is 0 Å². The first-order valence-corrected chi connectivity index (χ1v) is 11.9. The summed E-state index contributed by atoms with van der Waals surface area (Å²) in [5.74, 6) is -0.141. The summed E-state index contributed by atoms with van der Waals surface area (Å²) >= 11 is 0. The van der Waals surface area contributed by atoms with Crippen molar-refractivity contribution < 1.29 is 26.4 Å². The Morgan fingerprint density at radius 3 is 2.12 bits per heavy atom. The maximum absolute atomic E-state index is 13.4. The van der Waals surface area contributed by atoms with Crippen LogP contribution in [0, 0.1) is 0 Å². The molecule has 0 unspecified atom stereocenters. The van der Waals surface area contributed by atoms with Gasteiger partial charge < -0.3 is 5.32 Å². The minimum atomic E-state index is -4.77. The molecule has 2 aromatic carbocycles. The molecule has 0 aromatic heterocycles. The van der Waals surface area contributed by atoms with Gasteiger partial charge in [-0.1, -0.05) is 42.5 Å². The van der Waals surface area contributed by atoms with Gasteiger partial charge in [0.2, 0.25) is 15.9 Å². The fourth-order valence-electron chi connectivity index (χ4n) is 3.94. The first-order valence-electron chi connectivity index (χ1n) is 10.4. The number of hydrogen-bond donors (Lipinski definition) is 1. The van der Waals surface area contributed by atoms with E-state index in [9.17, 15) is 26.4 Å². The van der Waals surface area contributed by atoms with Gasteiger partial charge in [-0.3, -0.25) is 9.69 Å². The molecule has 4 rings (SSSR count). The highest BCUT2D eigenvalue weighted by Gasteiger charge is 2.41. The van der Waals surface area contributed by atoms with E-state index in [-0.39, 0.29) is 38.1 Å². The topological polar surface area (TPSA) is 69.7 Å². The van der Waals surface area contributed by atoms with Crippen molar-refractivity contribution >= 4 is 15.9 Å². The normalized spacial score (nSPS) is 19.5. The molecule has 1 N–H and O–H groups in total. The minimum Gasteiger partial charge on any atom is -0.352 e. The number of rotatable bonds is 6. The fourth-order valence-corrected chi connectivity index (χ4v) is 5.57. The maximum atomic E-state index is 13.4. The van der Waals surface area contributed by atoms with Crippen LogP contribution in [0.5, 0.6) is 0 Å². The number of piperazine rings is 1. The molecule has 1 atom stereocenters. The second-order valence-corrected chi connectivity index (χ2v) is 9.94. The van der Waals surface area contributed by atoms with Crippen LogP contribution < -0.4 is 5.32 Å². The molecule has 6 nitrogen and oxygen atoms in total. The molecule has 2 aliphatic rings. The number of carbonyl (C=O) groups is 1. The first kappa shape index (κ1) is 22.8. The zero-order valence-electron chi connectivity index (χ0n) is 17.3. The van der Waals surface area contributed by atoms with Crippen molar-refractivity contribution in [3.63, 3.8) is 0 Å². The predicted octanol–water partition coefficient (Wildman–Crippen LogP) is 3.03. The molecule has 0 bridgehead atoms. The fraction of sp³-hybridized carbons (Fsp3) is 0.409. The van der Waals surface area contributed by atoms with Gasteiger partial charge in [-0.25, -0.2) is 8.42 Å². The number of halogens is 3. The van der Waals surface area contributed by atoms with Crippen LogP contribution >= 0.6 is 0 Å². The molecule has 2 fully saturated rings. The largest absolute Gasteiger partial charge is 0.417 e. The van der Waals surface area contributed by atoms with Gasteiger partial charge >= 0.3 is 6.18 Å². The van der Waals surface area contributed by atoms with Gasteiger partial charge in [-0.05, 0) is 30.5 Å². The highest BCUT2D eigenvalue weighted by molar-refractivity contribution is 7.89. The molecule has 1 aliphatic heterocycles. The van der Waals surface area contributed by atoms with E-state index in [1.54, 1.807) is 0 Å². The third-order valence-electron chi connectivity index (χ3n) is 5.74. The zero-order chi connectivity index (χ0) is 22.9. The summed E-state index contributed by atoms with van der Waals surface area (Å²) in [7, 11) is -4.33. The van der Waals surface area contributed by atoms with Crippen molar-refractivity contribution in [3.8, 4) is 0 Å². The lowest BCUT2D eigenvalue weighted by Gasteiger charge is -2.38. The first-order chi connectivity index (χ1) is 15.2. The molecule has 10 heteroatoms. The Labute approximate surface area is 185 Å². The molecule has 1 amide bonds. The summed E-state index contributed by atoms with van der Waals surface area (Å²) in [4.78, 5) is 14.1. The molecule has 172 valence electrons. The van der Waals surface area contributed by atoms with Crippen LogP contribution in [0.15, 0.2) is 59.5 Å². The van der Waals surface area contributed by atoms with Crippen LogP contribution in [0.1, 0.15) is 30.0 Å². The number of alkyl halides is 3. The average Bonchev–Trinajstić information content (AvgIpc) is 3.58. The van der Waals surface area contributed by atoms with Crippen molar-refractivity contribution in [2.75, 3.05) is 26.2 Å². The minimum absolute atomic E-state index is 0.00539. The molecule has 0 spiro atoms. The lowest BCUT2D eigenvalue weighted by Crippen LogP contribution is -2.52. The van der Waals surface area contributed by atoms with E-state index >= 15 is 0 Å². The van der Waals surface area contributed by atoms with Crippen molar-refractivity contribution in [2.45, 2.75) is 36.0 Å². The third-order valence-corrected chi connectivity index (χ3v) is 7.69. The van der Waals surface area contributed by atoms with E-state index in [0.29, 0.717) is 0 Å². The molecule has 2 aromatic rings. The van der Waals surface area contributed by atoms with Crippen LogP contribution in [-0.4, -0.2) is 55.8 Å². The number of benzene rings is 2. The second-order valence-electron chi connectivity index (χ2n) is 8.03. The Hall–Kier alpha value is -2.43. The van der Waals surface area contributed by atoms with Crippen molar-refractivity contribution in [3.05, 3.63) is 65.7 Å². The highest BCUT2D eigenvalue weighted by atomic mass is 32.2. The molecular formula is C22H24F3N3O3S. The molecule has 1 heterocycles. The summed E-state index contributed by atoms with van der Waals surface area (Å²) in [5, 5.41) is 3.00. The summed E-state index contributed by atoms with van der Waals surface area (Å²) in [5.41, 5.74) is -0.377. The van der Waals surface area contributed by atoms with Crippen molar-refractivity contribution in [1.82, 2.24) is 14.5 Å². The third kappa shape index (κ3) is 4.82. The molecular weight excluding hydrogens is 443 g/mol. The van der Waals surface area contributed by atoms with E-state index in [1.165, 1.54) is 12.1 Å². The van der Waals surface area contributed by atoms with Gasteiger partial charge in [0.25, 0.3) is 0 Å². The van der Waals surface area contributed by atoms with Crippen molar-refractivity contribution in [2.24, 2.45) is 0 Å². The summed E-state index contributed by atoms with van der Waals surface area (Å²) in [6.45, 7) is 0.444. The van der Waals surface area contributed by atoms with Crippen LogP contribution in [0.25, 0.3) is 0 Å². The maximum Gasteiger partial charge on any atom is 0.417 e. The monoisotopic (exact) mass is 467 g/mol. The van der Waals surface area contributed by atoms with Gasteiger partial charge in [0.05, 0.1) is 10.5 Å². The number of nitrogens with zero attached hydrogens (tertiary/aromatic N) is 2. The Bertz CT molecular complexity index is 1060. The number of nitrogens with one attached hydrogen (secondary N) is 1. The number of amides is 1. The van der Waals surface area contributed by atoms with Gasteiger partial charge in [-0.15, -0.1) is 0 Å². The lowest BCUT2D eigenvalue weighted by molar-refractivity contribution is -0.140. The lowest BCUT2D eigenvalue weighted by atomic mass is 10.0. The molecule has 0 radical (unpaired) electrons. The summed E-state index contributed by atoms with van der Waals surface area (Å²) in [6, 6.07) is 13.0. The molecule has 1 aliphatic carbocycles. The number of hydrogen-bond acceptors (Lipinski definition) is 4. The van der Waals surface area contributed by atoms with Crippen LogP contribution in [-0.2, 0) is 21.0 Å². The number of sulfonamides is 1. The van der Waals surface area contributed by atoms with Gasteiger partial charge in [0, 0.05) is 32.2 Å². The van der Waals surface area contributed by atoms with Crippen LogP contribution in [0.2, 0.25) is 0 Å². The average molecular weight is 468 g/mol. The van der Waals surface area contributed by atoms with Gasteiger partial charge in [-0.2, -0.15) is 17.5 Å². The number of carbonyl (C=O) groups excluding carboxylic acids is 1. The Morgan fingerprint density at radius 1 is 0.938 bits per heavy atom. The smallest absolute Gasteiger partial charge is 0.352 e. The quantitative estimate of drug-likeness (QED) is 0.709. The van der Waals surface area contributed by atoms with E-state index < -0.39 is 32.7 Å². The van der Waals surface area contributed by atoms with Crippen LogP contribution in [0.4, 0.5) is 13.2 Å². The van der Waals surface area contributed by atoms with E-state index in [4.69, 9.17) is 0 Å². The standard InChI is InChI=1S/C22H24F3N3O3S/c23-22(24,25)18-8-4-5-9-19(18)32(30,31)28-14-12-27(13-15-28)20(16-6-2-1-3-7-16)21(29)26-17-10-11-17/h1-9,17,20H,10-15H2,(H,26,29)/t20-/m0/s1. The SMILES string of the molecule is O=C(NC1CC1)[C@H](c1ccccc1)N1CCN(S(=O)(=O)c2ccccc2C(F)(F)F)CC1. The Balaban J connectivity index is 1.53. The van der Waals surface area contributed by atoms with E-state index in [1.807, 2.05) is 35.2 Å². The second kappa shape index (κ2) is 8.84. The predicted molar refractivity (Wildman–Crippen MR) is 112 cm³/mol. The van der Waals surface area contributed by atoms with Gasteiger partial charge in [0.15, 0.2) is 0 Å². The van der Waals surface area contributed by atoms with Crippen molar-refractivity contribution in [1.29, 1.82) is 0 Å². The molecule has 1 saturated heterocycles. The Morgan fingerprint density at radius 2 is 1.53 bits per heavy atom.